The molecule has 1 saturated heterocycles. The molecule has 0 bridgehead atoms. The summed E-state index contributed by atoms with van der Waals surface area (Å²) in [6.45, 7) is 5.45. The highest BCUT2D eigenvalue weighted by Crippen LogP contribution is 2.21. The number of hydrogen-bond donors (Lipinski definition) is 2. The standard InChI is InChI=1S/C10H16N2O3S/c1-3-4-7(2)11-10(15)12-6-16-5-8(12)9(13)14/h3,7-8H,1,4-6H2,2H3,(H,11,15)(H,13,14)/t7?,8-/m0/s1. The molecule has 0 aromatic carbocycles. The van der Waals surface area contributed by atoms with Crippen LogP contribution in [0.25, 0.3) is 0 Å². The van der Waals surface area contributed by atoms with E-state index in [1.165, 1.54) is 16.7 Å². The van der Waals surface area contributed by atoms with Gasteiger partial charge in [-0.15, -0.1) is 18.3 Å². The van der Waals surface area contributed by atoms with E-state index in [9.17, 15) is 9.59 Å². The number of urea groups is 1. The fraction of sp³-hybridized carbons (Fsp3) is 0.600. The Morgan fingerprint density at radius 1 is 1.75 bits per heavy atom. The van der Waals surface area contributed by atoms with Crippen LogP contribution < -0.4 is 5.32 Å². The summed E-state index contributed by atoms with van der Waals surface area (Å²) in [5.74, 6) is -0.0566. The zero-order chi connectivity index (χ0) is 12.1. The summed E-state index contributed by atoms with van der Waals surface area (Å²) >= 11 is 1.45. The number of hydrogen-bond acceptors (Lipinski definition) is 3. The predicted molar refractivity (Wildman–Crippen MR) is 63.4 cm³/mol. The Kier molecular flexibility index (Phi) is 4.67. The fourth-order valence-electron chi connectivity index (χ4n) is 1.45. The molecule has 0 radical (unpaired) electrons. The van der Waals surface area contributed by atoms with Crippen molar-refractivity contribution in [2.24, 2.45) is 0 Å². The molecule has 1 unspecified atom stereocenters. The van der Waals surface area contributed by atoms with Crippen molar-refractivity contribution in [1.29, 1.82) is 0 Å². The minimum absolute atomic E-state index is 0.0231. The Labute approximate surface area is 98.9 Å². The van der Waals surface area contributed by atoms with Gasteiger partial charge in [-0.05, 0) is 13.3 Å². The molecule has 1 aliphatic heterocycles. The highest BCUT2D eigenvalue weighted by atomic mass is 32.2. The lowest BCUT2D eigenvalue weighted by Gasteiger charge is -2.23. The maximum atomic E-state index is 11.7. The highest BCUT2D eigenvalue weighted by molar-refractivity contribution is 7.99. The van der Waals surface area contributed by atoms with Gasteiger partial charge in [0, 0.05) is 11.8 Å². The van der Waals surface area contributed by atoms with Crippen LogP contribution >= 0.6 is 11.8 Å². The first kappa shape index (κ1) is 12.9. The second-order valence-electron chi connectivity index (χ2n) is 3.70. The number of amides is 2. The third-order valence-corrected chi connectivity index (χ3v) is 3.33. The van der Waals surface area contributed by atoms with Crippen LogP contribution in [-0.2, 0) is 4.79 Å². The molecule has 0 saturated carbocycles. The average Bonchev–Trinajstić information content (AvgIpc) is 2.65. The minimum atomic E-state index is -0.948. The number of rotatable bonds is 4. The second kappa shape index (κ2) is 5.79. The van der Waals surface area contributed by atoms with Gasteiger partial charge >= 0.3 is 12.0 Å². The van der Waals surface area contributed by atoms with E-state index in [1.54, 1.807) is 6.08 Å². The molecular weight excluding hydrogens is 228 g/mol. The van der Waals surface area contributed by atoms with Crippen LogP contribution in [0.3, 0.4) is 0 Å². The van der Waals surface area contributed by atoms with Gasteiger partial charge in [0.1, 0.15) is 6.04 Å². The van der Waals surface area contributed by atoms with E-state index in [2.05, 4.69) is 11.9 Å². The van der Waals surface area contributed by atoms with Crippen molar-refractivity contribution in [3.05, 3.63) is 12.7 Å². The molecule has 2 N–H and O–H groups in total. The molecule has 1 rings (SSSR count). The first-order valence-corrected chi connectivity index (χ1v) is 6.20. The van der Waals surface area contributed by atoms with Gasteiger partial charge in [0.05, 0.1) is 5.88 Å². The first-order chi connectivity index (χ1) is 7.56. The second-order valence-corrected chi connectivity index (χ2v) is 4.70. The molecule has 5 nitrogen and oxygen atoms in total. The molecule has 0 aliphatic carbocycles. The maximum Gasteiger partial charge on any atom is 0.327 e. The van der Waals surface area contributed by atoms with Gasteiger partial charge in [0.25, 0.3) is 0 Å². The maximum absolute atomic E-state index is 11.7. The molecule has 16 heavy (non-hydrogen) atoms. The molecule has 2 amide bonds. The lowest BCUT2D eigenvalue weighted by molar-refractivity contribution is -0.140. The van der Waals surface area contributed by atoms with E-state index in [0.717, 1.165) is 0 Å². The summed E-state index contributed by atoms with van der Waals surface area (Å²) < 4.78 is 0. The first-order valence-electron chi connectivity index (χ1n) is 5.04. The van der Waals surface area contributed by atoms with E-state index in [0.29, 0.717) is 18.1 Å². The van der Waals surface area contributed by atoms with Crippen LogP contribution in [-0.4, -0.2) is 45.7 Å². The Bertz CT molecular complexity index is 296. The predicted octanol–water partition coefficient (Wildman–Crippen LogP) is 1.12. The number of aliphatic carboxylic acids is 1. The van der Waals surface area contributed by atoms with Crippen molar-refractivity contribution >= 4 is 23.8 Å². The molecule has 1 aliphatic rings. The minimum Gasteiger partial charge on any atom is -0.480 e. The molecule has 1 heterocycles. The number of carbonyl (C=O) groups is 2. The third-order valence-electron chi connectivity index (χ3n) is 2.32. The van der Waals surface area contributed by atoms with Gasteiger partial charge in [0.2, 0.25) is 0 Å². The molecule has 2 atom stereocenters. The van der Waals surface area contributed by atoms with Crippen LogP contribution in [0.1, 0.15) is 13.3 Å². The van der Waals surface area contributed by atoms with Gasteiger partial charge in [0.15, 0.2) is 0 Å². The Morgan fingerprint density at radius 3 is 3.00 bits per heavy atom. The molecule has 0 aromatic heterocycles. The highest BCUT2D eigenvalue weighted by Gasteiger charge is 2.34. The zero-order valence-electron chi connectivity index (χ0n) is 9.18. The summed E-state index contributed by atoms with van der Waals surface area (Å²) in [6, 6.07) is -1.04. The smallest absolute Gasteiger partial charge is 0.327 e. The largest absolute Gasteiger partial charge is 0.480 e. The van der Waals surface area contributed by atoms with Gasteiger partial charge < -0.3 is 15.3 Å². The third kappa shape index (κ3) is 3.16. The topological polar surface area (TPSA) is 69.6 Å². The Hall–Kier alpha value is -1.17. The lowest BCUT2D eigenvalue weighted by Crippen LogP contribution is -2.49. The normalized spacial score (nSPS) is 21.6. The van der Waals surface area contributed by atoms with Crippen molar-refractivity contribution in [2.45, 2.75) is 25.4 Å². The Morgan fingerprint density at radius 2 is 2.44 bits per heavy atom. The number of carboxylic acid groups (broad SMARTS) is 1. The summed E-state index contributed by atoms with van der Waals surface area (Å²) in [5.41, 5.74) is 0. The van der Waals surface area contributed by atoms with Crippen LogP contribution in [0.5, 0.6) is 0 Å². The number of carbonyl (C=O) groups excluding carboxylic acids is 1. The van der Waals surface area contributed by atoms with Crippen LogP contribution in [0.2, 0.25) is 0 Å². The number of nitrogens with one attached hydrogen (secondary N) is 1. The van der Waals surface area contributed by atoms with Gasteiger partial charge in [-0.25, -0.2) is 9.59 Å². The zero-order valence-corrected chi connectivity index (χ0v) is 10.00. The van der Waals surface area contributed by atoms with E-state index in [4.69, 9.17) is 5.11 Å². The SMILES string of the molecule is C=CCC(C)NC(=O)N1CSC[C@H]1C(=O)O. The average molecular weight is 244 g/mol. The van der Waals surface area contributed by atoms with Gasteiger partial charge in [-0.3, -0.25) is 0 Å². The van der Waals surface area contributed by atoms with Crippen LogP contribution in [0.15, 0.2) is 12.7 Å². The van der Waals surface area contributed by atoms with Crippen molar-refractivity contribution in [1.82, 2.24) is 10.2 Å². The number of nitrogens with zero attached hydrogens (tertiary/aromatic N) is 1. The molecule has 0 spiro atoms. The number of carboxylic acids is 1. The number of thioether (sulfide) groups is 1. The van der Waals surface area contributed by atoms with E-state index in [1.807, 2.05) is 6.92 Å². The van der Waals surface area contributed by atoms with Gasteiger partial charge in [-0.2, -0.15) is 0 Å². The van der Waals surface area contributed by atoms with Crippen molar-refractivity contribution < 1.29 is 14.7 Å². The van der Waals surface area contributed by atoms with Crippen molar-refractivity contribution in [3.63, 3.8) is 0 Å². The van der Waals surface area contributed by atoms with Crippen molar-refractivity contribution in [2.75, 3.05) is 11.6 Å². The summed E-state index contributed by atoms with van der Waals surface area (Å²) in [6.07, 6.45) is 2.39. The molecular formula is C10H16N2O3S. The fourth-order valence-corrected chi connectivity index (χ4v) is 2.60. The molecule has 6 heteroatoms. The van der Waals surface area contributed by atoms with E-state index in [-0.39, 0.29) is 12.1 Å². The lowest BCUT2D eigenvalue weighted by atomic mass is 10.2. The monoisotopic (exact) mass is 244 g/mol. The summed E-state index contributed by atoms with van der Waals surface area (Å²) in [5, 5.41) is 11.7. The summed E-state index contributed by atoms with van der Waals surface area (Å²) in [7, 11) is 0. The van der Waals surface area contributed by atoms with Crippen LogP contribution in [0, 0.1) is 0 Å². The molecule has 1 fully saturated rings. The van der Waals surface area contributed by atoms with Gasteiger partial charge in [-0.1, -0.05) is 6.08 Å². The quantitative estimate of drug-likeness (QED) is 0.727. The molecule has 90 valence electrons. The van der Waals surface area contributed by atoms with Crippen molar-refractivity contribution in [3.8, 4) is 0 Å². The van der Waals surface area contributed by atoms with E-state index >= 15 is 0 Å². The molecule has 0 aromatic rings. The summed E-state index contributed by atoms with van der Waals surface area (Å²) in [4.78, 5) is 24.0. The van der Waals surface area contributed by atoms with Crippen LogP contribution in [0.4, 0.5) is 4.79 Å². The van der Waals surface area contributed by atoms with E-state index < -0.39 is 12.0 Å². The Balaban J connectivity index is 2.52.